The van der Waals surface area contributed by atoms with Crippen molar-refractivity contribution in [3.8, 4) is 5.75 Å². The first-order valence-electron chi connectivity index (χ1n) is 13.2. The van der Waals surface area contributed by atoms with E-state index in [1.165, 1.54) is 0 Å². The van der Waals surface area contributed by atoms with Crippen molar-refractivity contribution in [2.45, 2.75) is 37.9 Å². The highest BCUT2D eigenvalue weighted by Gasteiger charge is 2.49. The summed E-state index contributed by atoms with van der Waals surface area (Å²) in [5.41, 5.74) is 5.52. The van der Waals surface area contributed by atoms with Crippen LogP contribution in [0.4, 0.5) is 0 Å². The molecule has 0 saturated carbocycles. The Balaban J connectivity index is 1.19. The van der Waals surface area contributed by atoms with Crippen LogP contribution < -0.4 is 15.4 Å². The van der Waals surface area contributed by atoms with Gasteiger partial charge in [-0.3, -0.25) is 14.4 Å². The molecule has 8 nitrogen and oxygen atoms in total. The second kappa shape index (κ2) is 9.94. The number of benzene rings is 3. The number of nitrogens with zero attached hydrogens (tertiary/aromatic N) is 1. The first-order valence-corrected chi connectivity index (χ1v) is 13.2. The van der Waals surface area contributed by atoms with Gasteiger partial charge in [-0.25, -0.2) is 0 Å². The van der Waals surface area contributed by atoms with Crippen molar-refractivity contribution in [2.24, 2.45) is 0 Å². The second-order valence-corrected chi connectivity index (χ2v) is 10.1. The number of carbonyl (C=O) groups excluding carboxylic acids is 3. The van der Waals surface area contributed by atoms with Crippen LogP contribution in [0.5, 0.6) is 5.75 Å². The monoisotopic (exact) mass is 522 g/mol. The summed E-state index contributed by atoms with van der Waals surface area (Å²) in [6, 6.07) is 21.3. The second-order valence-electron chi connectivity index (χ2n) is 10.1. The van der Waals surface area contributed by atoms with Crippen molar-refractivity contribution in [1.29, 1.82) is 0 Å². The average molecular weight is 523 g/mol. The Morgan fingerprint density at radius 3 is 2.59 bits per heavy atom. The quantitative estimate of drug-likeness (QED) is 0.346. The molecule has 2 aliphatic heterocycles. The van der Waals surface area contributed by atoms with Gasteiger partial charge >= 0.3 is 0 Å². The molecule has 0 bridgehead atoms. The average Bonchev–Trinajstić information content (AvgIpc) is 3.48. The van der Waals surface area contributed by atoms with E-state index in [9.17, 15) is 14.4 Å². The number of aromatic nitrogens is 1. The molecular formula is C31H30N4O4. The minimum atomic E-state index is -0.753. The minimum Gasteiger partial charge on any atom is -0.497 e. The Morgan fingerprint density at radius 2 is 1.79 bits per heavy atom. The van der Waals surface area contributed by atoms with E-state index in [1.807, 2.05) is 72.8 Å². The maximum atomic E-state index is 13.7. The molecule has 0 radical (unpaired) electrons. The van der Waals surface area contributed by atoms with E-state index in [2.05, 4.69) is 15.6 Å². The number of hydrogen-bond acceptors (Lipinski definition) is 4. The predicted octanol–water partition coefficient (Wildman–Crippen LogP) is 3.51. The van der Waals surface area contributed by atoms with E-state index in [0.717, 1.165) is 39.0 Å². The number of H-pyrrole nitrogens is 1. The van der Waals surface area contributed by atoms with Crippen molar-refractivity contribution in [3.63, 3.8) is 0 Å². The molecule has 6 rings (SSSR count). The number of nitrogens with one attached hydrogen (secondary N) is 3. The van der Waals surface area contributed by atoms with Crippen LogP contribution in [0.2, 0.25) is 0 Å². The lowest BCUT2D eigenvalue weighted by atomic mass is 9.90. The van der Waals surface area contributed by atoms with Crippen molar-refractivity contribution in [2.75, 3.05) is 13.7 Å². The van der Waals surface area contributed by atoms with Gasteiger partial charge < -0.3 is 25.3 Å². The van der Waals surface area contributed by atoms with E-state index in [1.54, 1.807) is 18.9 Å². The van der Waals surface area contributed by atoms with Gasteiger partial charge in [0, 0.05) is 35.1 Å². The van der Waals surface area contributed by atoms with Crippen molar-refractivity contribution in [1.82, 2.24) is 20.5 Å². The molecule has 8 heteroatoms. The first-order chi connectivity index (χ1) is 19.0. The summed E-state index contributed by atoms with van der Waals surface area (Å²) in [6.45, 7) is 2.11. The lowest BCUT2D eigenvalue weighted by Gasteiger charge is -2.37. The molecular weight excluding hydrogens is 492 g/mol. The van der Waals surface area contributed by atoms with Crippen LogP contribution in [0.1, 0.15) is 45.7 Å². The molecule has 4 aromatic rings. The van der Waals surface area contributed by atoms with Gasteiger partial charge in [-0.1, -0.05) is 48.5 Å². The summed E-state index contributed by atoms with van der Waals surface area (Å²) in [6.07, 6.45) is 1.03. The molecule has 0 fully saturated rings. The SMILES string of the molecule is COc1ccc(CCNC(=O)[C@H](C)NC(=O)[C@@H]2Cc3c([nH]c4ccccc34)C3c4ccccc4C(=O)N32)cc1. The molecule has 0 spiro atoms. The number of fused-ring (bicyclic) bond motifs is 7. The Hall–Kier alpha value is -4.59. The lowest BCUT2D eigenvalue weighted by Crippen LogP contribution is -2.56. The van der Waals surface area contributed by atoms with E-state index in [0.29, 0.717) is 24.9 Å². The molecule has 1 aromatic heterocycles. The summed E-state index contributed by atoms with van der Waals surface area (Å²) >= 11 is 0. The predicted molar refractivity (Wildman–Crippen MR) is 148 cm³/mol. The molecule has 0 aliphatic carbocycles. The van der Waals surface area contributed by atoms with Crippen molar-refractivity contribution < 1.29 is 19.1 Å². The van der Waals surface area contributed by atoms with Crippen LogP contribution in [0.25, 0.3) is 10.9 Å². The molecule has 2 aliphatic rings. The molecule has 1 unspecified atom stereocenters. The van der Waals surface area contributed by atoms with Gasteiger partial charge in [0.1, 0.15) is 17.8 Å². The van der Waals surface area contributed by atoms with Crippen LogP contribution in [-0.2, 0) is 22.4 Å². The van der Waals surface area contributed by atoms with Gasteiger partial charge in [0.05, 0.1) is 13.2 Å². The maximum absolute atomic E-state index is 13.7. The summed E-state index contributed by atoms with van der Waals surface area (Å²) in [7, 11) is 1.62. The Bertz CT molecular complexity index is 1580. The smallest absolute Gasteiger partial charge is 0.255 e. The van der Waals surface area contributed by atoms with Crippen LogP contribution in [-0.4, -0.2) is 53.3 Å². The highest BCUT2D eigenvalue weighted by Crippen LogP contribution is 2.46. The Morgan fingerprint density at radius 1 is 1.05 bits per heavy atom. The van der Waals surface area contributed by atoms with Crippen molar-refractivity contribution in [3.05, 3.63) is 101 Å². The largest absolute Gasteiger partial charge is 0.497 e. The van der Waals surface area contributed by atoms with Crippen molar-refractivity contribution >= 4 is 28.6 Å². The molecule has 198 valence electrons. The van der Waals surface area contributed by atoms with Gasteiger partial charge in [-0.2, -0.15) is 0 Å². The summed E-state index contributed by atoms with van der Waals surface area (Å²) in [5, 5.41) is 6.82. The molecule has 3 N–H and O–H groups in total. The Labute approximate surface area is 226 Å². The van der Waals surface area contributed by atoms with Gasteiger partial charge in [-0.15, -0.1) is 0 Å². The fourth-order valence-electron chi connectivity index (χ4n) is 5.79. The highest BCUT2D eigenvalue weighted by molar-refractivity contribution is 6.04. The first kappa shape index (κ1) is 24.7. The van der Waals surface area contributed by atoms with Gasteiger partial charge in [0.25, 0.3) is 5.91 Å². The minimum absolute atomic E-state index is 0.170. The third-order valence-corrected chi connectivity index (χ3v) is 7.78. The van der Waals surface area contributed by atoms with E-state index >= 15 is 0 Å². The molecule has 3 amide bonds. The highest BCUT2D eigenvalue weighted by atomic mass is 16.5. The van der Waals surface area contributed by atoms with Gasteiger partial charge in [-0.05, 0) is 54.3 Å². The number of methoxy groups -OCH3 is 1. The maximum Gasteiger partial charge on any atom is 0.255 e. The number of carbonyl (C=O) groups is 3. The zero-order valence-electron chi connectivity index (χ0n) is 21.9. The van der Waals surface area contributed by atoms with E-state index in [-0.39, 0.29) is 23.8 Å². The molecule has 0 saturated heterocycles. The third-order valence-electron chi connectivity index (χ3n) is 7.78. The Kier molecular flexibility index (Phi) is 6.30. The number of para-hydroxylation sites is 1. The van der Waals surface area contributed by atoms with Crippen LogP contribution in [0.15, 0.2) is 72.8 Å². The number of aromatic amines is 1. The zero-order valence-corrected chi connectivity index (χ0v) is 21.9. The number of hydrogen-bond donors (Lipinski definition) is 3. The molecule has 3 heterocycles. The van der Waals surface area contributed by atoms with Gasteiger partial charge in [0.2, 0.25) is 11.8 Å². The summed E-state index contributed by atoms with van der Waals surface area (Å²) < 4.78 is 5.18. The summed E-state index contributed by atoms with van der Waals surface area (Å²) in [5.74, 6) is 0.00277. The third kappa shape index (κ3) is 4.31. The summed E-state index contributed by atoms with van der Waals surface area (Å²) in [4.78, 5) is 45.2. The standard InChI is InChI=1S/C31H30N4O4/c1-18(29(36)32-16-15-19-11-13-20(39-2)14-12-19)33-30(37)26-17-24-21-7-5-6-10-25(21)34-27(24)28-22-8-3-4-9-23(22)31(38)35(26)28/h3-14,18,26,28,34H,15-17H2,1-2H3,(H,32,36)(H,33,37)/t18-,26-,28?/m0/s1. The number of amides is 3. The van der Waals surface area contributed by atoms with Crippen LogP contribution >= 0.6 is 0 Å². The topological polar surface area (TPSA) is 104 Å². The molecule has 39 heavy (non-hydrogen) atoms. The zero-order chi connectivity index (χ0) is 27.1. The normalized spacial score (nSPS) is 18.2. The van der Waals surface area contributed by atoms with Gasteiger partial charge in [0.15, 0.2) is 0 Å². The fourth-order valence-corrected chi connectivity index (χ4v) is 5.79. The van der Waals surface area contributed by atoms with E-state index in [4.69, 9.17) is 4.74 Å². The van der Waals surface area contributed by atoms with Crippen LogP contribution in [0.3, 0.4) is 0 Å². The molecule has 3 aromatic carbocycles. The van der Waals surface area contributed by atoms with Crippen LogP contribution in [0, 0.1) is 0 Å². The number of rotatable bonds is 7. The van der Waals surface area contributed by atoms with E-state index < -0.39 is 12.1 Å². The number of ether oxygens (including phenoxy) is 1. The fraction of sp³-hybridized carbons (Fsp3) is 0.258. The molecule has 3 atom stereocenters. The lowest BCUT2D eigenvalue weighted by molar-refractivity contribution is -0.131.